The van der Waals surface area contributed by atoms with Gasteiger partial charge in [0.05, 0.1) is 18.2 Å². The van der Waals surface area contributed by atoms with Gasteiger partial charge in [-0.3, -0.25) is 9.59 Å². The first-order valence-corrected chi connectivity index (χ1v) is 10.6. The summed E-state index contributed by atoms with van der Waals surface area (Å²) in [4.78, 5) is 27.4. The van der Waals surface area contributed by atoms with Crippen LogP contribution in [0.4, 0.5) is 0 Å². The highest BCUT2D eigenvalue weighted by molar-refractivity contribution is 6.46. The van der Waals surface area contributed by atoms with Crippen LogP contribution < -0.4 is 4.74 Å². The van der Waals surface area contributed by atoms with Crippen LogP contribution in [0, 0.1) is 0 Å². The molecule has 0 radical (unpaired) electrons. The number of unbranched alkanes of at least 4 members (excludes halogenated alkanes) is 2. The van der Waals surface area contributed by atoms with Crippen LogP contribution in [0.5, 0.6) is 5.75 Å². The summed E-state index contributed by atoms with van der Waals surface area (Å²) in [5, 5.41) is 11.1. The number of amides is 1. The van der Waals surface area contributed by atoms with Gasteiger partial charge in [0, 0.05) is 12.1 Å². The van der Waals surface area contributed by atoms with Gasteiger partial charge in [0.25, 0.3) is 11.7 Å². The molecule has 30 heavy (non-hydrogen) atoms. The zero-order chi connectivity index (χ0) is 21.5. The minimum atomic E-state index is -0.641. The van der Waals surface area contributed by atoms with Crippen molar-refractivity contribution in [3.63, 3.8) is 0 Å². The number of likely N-dealkylation sites (tertiary alicyclic amines) is 1. The molecule has 1 N–H and O–H groups in total. The minimum absolute atomic E-state index is 0.135. The highest BCUT2D eigenvalue weighted by Gasteiger charge is 2.45. The summed E-state index contributed by atoms with van der Waals surface area (Å²) >= 11 is 0. The zero-order valence-electron chi connectivity index (χ0n) is 17.6. The van der Waals surface area contributed by atoms with Gasteiger partial charge in [-0.25, -0.2) is 0 Å². The monoisotopic (exact) mass is 407 g/mol. The molecule has 0 aliphatic carbocycles. The lowest BCUT2D eigenvalue weighted by Gasteiger charge is -2.25. The van der Waals surface area contributed by atoms with Crippen LogP contribution in [-0.2, 0) is 9.59 Å². The van der Waals surface area contributed by atoms with Gasteiger partial charge < -0.3 is 14.7 Å². The molecular weight excluding hydrogens is 378 g/mol. The predicted molar refractivity (Wildman–Crippen MR) is 117 cm³/mol. The minimum Gasteiger partial charge on any atom is -0.507 e. The van der Waals surface area contributed by atoms with Crippen LogP contribution >= 0.6 is 0 Å². The van der Waals surface area contributed by atoms with Gasteiger partial charge in [-0.1, -0.05) is 69.2 Å². The quantitative estimate of drug-likeness (QED) is 0.272. The van der Waals surface area contributed by atoms with E-state index in [-0.39, 0.29) is 11.3 Å². The van der Waals surface area contributed by atoms with Crippen LogP contribution in [0.2, 0.25) is 0 Å². The van der Waals surface area contributed by atoms with E-state index >= 15 is 0 Å². The molecule has 0 saturated carbocycles. The molecule has 1 aliphatic rings. The number of carbonyl (C=O) groups excluding carboxylic acids is 2. The molecule has 1 unspecified atom stereocenters. The second-order valence-corrected chi connectivity index (χ2v) is 7.49. The molecule has 1 aliphatic heterocycles. The Balaban J connectivity index is 2.05. The van der Waals surface area contributed by atoms with Crippen molar-refractivity contribution in [2.75, 3.05) is 13.2 Å². The third-order valence-corrected chi connectivity index (χ3v) is 5.24. The number of benzene rings is 2. The Hall–Kier alpha value is -3.08. The molecule has 1 amide bonds. The first kappa shape index (κ1) is 21.6. The molecule has 0 bridgehead atoms. The first-order valence-electron chi connectivity index (χ1n) is 10.6. The zero-order valence-corrected chi connectivity index (χ0v) is 17.6. The molecule has 2 aromatic rings. The van der Waals surface area contributed by atoms with Crippen LogP contribution in [0.3, 0.4) is 0 Å². The molecular formula is C25H29NO4. The fraction of sp³-hybridized carbons (Fsp3) is 0.360. The van der Waals surface area contributed by atoms with Gasteiger partial charge in [-0.05, 0) is 30.5 Å². The number of rotatable bonds is 9. The van der Waals surface area contributed by atoms with Crippen molar-refractivity contribution in [2.45, 2.75) is 45.6 Å². The molecule has 5 nitrogen and oxygen atoms in total. The molecule has 0 aromatic heterocycles. The number of hydrogen-bond acceptors (Lipinski definition) is 4. The van der Waals surface area contributed by atoms with Crippen molar-refractivity contribution in [1.82, 2.24) is 4.90 Å². The van der Waals surface area contributed by atoms with Crippen molar-refractivity contribution in [2.24, 2.45) is 0 Å². The number of aliphatic hydroxyl groups is 1. The van der Waals surface area contributed by atoms with E-state index in [1.165, 1.54) is 0 Å². The van der Waals surface area contributed by atoms with E-state index in [2.05, 4.69) is 6.92 Å². The van der Waals surface area contributed by atoms with E-state index < -0.39 is 17.7 Å². The molecule has 0 spiro atoms. The van der Waals surface area contributed by atoms with Gasteiger partial charge >= 0.3 is 0 Å². The number of nitrogens with zero attached hydrogens (tertiary/aromatic N) is 1. The fourth-order valence-corrected chi connectivity index (χ4v) is 3.73. The van der Waals surface area contributed by atoms with Gasteiger partial charge in [-0.15, -0.1) is 0 Å². The average molecular weight is 408 g/mol. The van der Waals surface area contributed by atoms with E-state index in [9.17, 15) is 14.7 Å². The molecule has 2 aromatic carbocycles. The molecule has 1 heterocycles. The van der Waals surface area contributed by atoms with Crippen molar-refractivity contribution in [1.29, 1.82) is 0 Å². The summed E-state index contributed by atoms with van der Waals surface area (Å²) in [6, 6.07) is 15.8. The highest BCUT2D eigenvalue weighted by atomic mass is 16.5. The van der Waals surface area contributed by atoms with Crippen molar-refractivity contribution in [3.05, 3.63) is 71.3 Å². The van der Waals surface area contributed by atoms with E-state index in [1.807, 2.05) is 43.3 Å². The average Bonchev–Trinajstić information content (AvgIpc) is 3.03. The maximum absolute atomic E-state index is 13.0. The SMILES string of the molecule is CCCCCN1C(=O)C(=O)/C(=C(\O)c2cccc(OCCC)c2)C1c1ccccc1. The highest BCUT2D eigenvalue weighted by Crippen LogP contribution is 2.39. The van der Waals surface area contributed by atoms with E-state index in [1.54, 1.807) is 23.1 Å². The Labute approximate surface area is 178 Å². The number of ketones is 1. The number of carbonyl (C=O) groups is 2. The van der Waals surface area contributed by atoms with Gasteiger partial charge in [-0.2, -0.15) is 0 Å². The number of aliphatic hydroxyl groups excluding tert-OH is 1. The topological polar surface area (TPSA) is 66.8 Å². The maximum atomic E-state index is 13.0. The standard InChI is InChI=1S/C25H29NO4/c1-3-5-9-15-26-22(18-11-7-6-8-12-18)21(24(28)25(26)29)23(27)19-13-10-14-20(17-19)30-16-4-2/h6-8,10-14,17,22,27H,3-5,9,15-16H2,1-2H3/b23-21-. The van der Waals surface area contributed by atoms with Crippen molar-refractivity contribution >= 4 is 17.4 Å². The number of Topliss-reactive ketones (excluding diaryl/α,β-unsaturated/α-hetero) is 1. The van der Waals surface area contributed by atoms with E-state index in [0.29, 0.717) is 24.5 Å². The Morgan fingerprint density at radius 2 is 1.77 bits per heavy atom. The van der Waals surface area contributed by atoms with Gasteiger partial charge in [0.2, 0.25) is 0 Å². The van der Waals surface area contributed by atoms with Crippen LogP contribution in [0.1, 0.15) is 56.7 Å². The van der Waals surface area contributed by atoms with Gasteiger partial charge in [0.15, 0.2) is 0 Å². The number of ether oxygens (including phenoxy) is 1. The second kappa shape index (κ2) is 10.1. The molecule has 1 saturated heterocycles. The molecule has 158 valence electrons. The molecule has 1 atom stereocenters. The normalized spacial score (nSPS) is 18.1. The summed E-state index contributed by atoms with van der Waals surface area (Å²) in [7, 11) is 0. The number of hydrogen-bond donors (Lipinski definition) is 1. The molecule has 3 rings (SSSR count). The fourth-order valence-electron chi connectivity index (χ4n) is 3.73. The van der Waals surface area contributed by atoms with Gasteiger partial charge in [0.1, 0.15) is 11.5 Å². The largest absolute Gasteiger partial charge is 0.507 e. The van der Waals surface area contributed by atoms with Crippen LogP contribution in [0.15, 0.2) is 60.2 Å². The summed E-state index contributed by atoms with van der Waals surface area (Å²) in [6.45, 7) is 5.16. The van der Waals surface area contributed by atoms with E-state index in [0.717, 1.165) is 31.2 Å². The lowest BCUT2D eigenvalue weighted by Crippen LogP contribution is -2.30. The lowest BCUT2D eigenvalue weighted by molar-refractivity contribution is -0.139. The Morgan fingerprint density at radius 1 is 1.00 bits per heavy atom. The summed E-state index contributed by atoms with van der Waals surface area (Å²) in [6.07, 6.45) is 3.67. The summed E-state index contributed by atoms with van der Waals surface area (Å²) in [5.41, 5.74) is 1.42. The predicted octanol–water partition coefficient (Wildman–Crippen LogP) is 5.09. The Morgan fingerprint density at radius 3 is 2.47 bits per heavy atom. The lowest BCUT2D eigenvalue weighted by atomic mass is 9.95. The Kier molecular flexibility index (Phi) is 7.28. The molecule has 1 fully saturated rings. The van der Waals surface area contributed by atoms with E-state index in [4.69, 9.17) is 4.74 Å². The van der Waals surface area contributed by atoms with Crippen molar-refractivity contribution < 1.29 is 19.4 Å². The first-order chi connectivity index (χ1) is 14.6. The third-order valence-electron chi connectivity index (χ3n) is 5.24. The maximum Gasteiger partial charge on any atom is 0.295 e. The van der Waals surface area contributed by atoms with Crippen LogP contribution in [0.25, 0.3) is 5.76 Å². The Bertz CT molecular complexity index is 920. The molecule has 5 heteroatoms. The second-order valence-electron chi connectivity index (χ2n) is 7.49. The third kappa shape index (κ3) is 4.56. The van der Waals surface area contributed by atoms with Crippen LogP contribution in [-0.4, -0.2) is 34.8 Å². The van der Waals surface area contributed by atoms with Crippen molar-refractivity contribution in [3.8, 4) is 5.75 Å². The summed E-state index contributed by atoms with van der Waals surface area (Å²) in [5.74, 6) is -0.742. The summed E-state index contributed by atoms with van der Waals surface area (Å²) < 4.78 is 5.66. The smallest absolute Gasteiger partial charge is 0.295 e.